The summed E-state index contributed by atoms with van der Waals surface area (Å²) in [6, 6.07) is 5.68. The van der Waals surface area contributed by atoms with Crippen LogP contribution in [-0.4, -0.2) is 45.2 Å². The molecule has 1 fully saturated rings. The van der Waals surface area contributed by atoms with Crippen LogP contribution in [0.3, 0.4) is 0 Å². The third-order valence-corrected chi connectivity index (χ3v) is 6.79. The Bertz CT molecular complexity index is 908. The molecule has 1 amide bonds. The number of carbonyl (C=O) groups excluding carboxylic acids is 1. The molecule has 26 heavy (non-hydrogen) atoms. The Labute approximate surface area is 155 Å². The maximum Gasteiger partial charge on any atom is 0.285 e. The van der Waals surface area contributed by atoms with Crippen molar-refractivity contribution in [3.8, 4) is 0 Å². The highest BCUT2D eigenvalue weighted by Gasteiger charge is 2.35. The van der Waals surface area contributed by atoms with Crippen LogP contribution in [0.15, 0.2) is 28.2 Å². The van der Waals surface area contributed by atoms with E-state index in [0.717, 1.165) is 11.1 Å². The molecule has 0 spiro atoms. The Morgan fingerprint density at radius 1 is 1.15 bits per heavy atom. The number of hydrogen-bond donors (Lipinski definition) is 1. The molecule has 0 radical (unpaired) electrons. The summed E-state index contributed by atoms with van der Waals surface area (Å²) in [6.45, 7) is 7.05. The van der Waals surface area contributed by atoms with Crippen molar-refractivity contribution in [1.29, 1.82) is 0 Å². The second kappa shape index (κ2) is 6.87. The number of aryl methyl sites for hydroxylation is 2. The minimum absolute atomic E-state index is 0.0154. The molecular weight excluding hydrogens is 350 g/mol. The Balaban J connectivity index is 1.89. The van der Waals surface area contributed by atoms with E-state index in [1.54, 1.807) is 7.05 Å². The first-order valence-electron chi connectivity index (χ1n) is 8.85. The Kier molecular flexibility index (Phi) is 4.92. The second-order valence-corrected chi connectivity index (χ2v) is 8.56. The van der Waals surface area contributed by atoms with Crippen molar-refractivity contribution < 1.29 is 13.2 Å². The summed E-state index contributed by atoms with van der Waals surface area (Å²) in [5.74, 6) is 0.556. The van der Waals surface area contributed by atoms with Crippen molar-refractivity contribution in [2.75, 3.05) is 20.1 Å². The number of nitrogens with one attached hydrogen (secondary N) is 1. The molecule has 3 rings (SSSR count). The van der Waals surface area contributed by atoms with Crippen LogP contribution in [0.2, 0.25) is 0 Å². The van der Waals surface area contributed by atoms with Gasteiger partial charge in [-0.2, -0.15) is 8.42 Å². The van der Waals surface area contributed by atoms with Crippen LogP contribution in [0.5, 0.6) is 0 Å². The number of hydrogen-bond acceptors (Lipinski definition) is 4. The molecule has 0 saturated carbocycles. The summed E-state index contributed by atoms with van der Waals surface area (Å²) in [4.78, 5) is 14.1. The fraction of sp³-hybridized carbons (Fsp3) is 0.474. The minimum atomic E-state index is -3.71. The van der Waals surface area contributed by atoms with Crippen LogP contribution in [0.4, 0.5) is 0 Å². The number of amides is 1. The lowest BCUT2D eigenvalue weighted by Gasteiger charge is -2.32. The molecule has 1 N–H and O–H groups in total. The first-order valence-corrected chi connectivity index (χ1v) is 10.3. The maximum atomic E-state index is 12.7. The summed E-state index contributed by atoms with van der Waals surface area (Å²) >= 11 is 0. The standard InChI is InChI=1S/C19H25N3O3S/c1-12-5-6-16(11-13(12)2)17-14(3)18(21-26(17,24)25)22-9-7-15(8-10-22)19(23)20-4/h5-6,11,15H,7-10H2,1-4H3,(H,20,23). The van der Waals surface area contributed by atoms with E-state index in [2.05, 4.69) is 9.71 Å². The first kappa shape index (κ1) is 18.6. The minimum Gasteiger partial charge on any atom is -0.359 e. The molecular formula is C19H25N3O3S. The zero-order chi connectivity index (χ0) is 19.1. The molecule has 0 aliphatic carbocycles. The van der Waals surface area contributed by atoms with E-state index >= 15 is 0 Å². The highest BCUT2D eigenvalue weighted by atomic mass is 32.2. The third-order valence-electron chi connectivity index (χ3n) is 5.32. The zero-order valence-electron chi connectivity index (χ0n) is 15.7. The SMILES string of the molecule is CNC(=O)C1CCN(C2=NS(=O)(=O)C(c3ccc(C)c(C)c3)=C2C)CC1. The molecule has 7 heteroatoms. The van der Waals surface area contributed by atoms with Gasteiger partial charge in [-0.3, -0.25) is 4.79 Å². The van der Waals surface area contributed by atoms with Crippen molar-refractivity contribution in [2.24, 2.45) is 10.3 Å². The van der Waals surface area contributed by atoms with E-state index in [1.807, 2.05) is 43.9 Å². The predicted octanol–water partition coefficient (Wildman–Crippen LogP) is 2.23. The Morgan fingerprint density at radius 2 is 1.81 bits per heavy atom. The van der Waals surface area contributed by atoms with Gasteiger partial charge >= 0.3 is 0 Å². The van der Waals surface area contributed by atoms with E-state index in [1.165, 1.54) is 0 Å². The Hall–Kier alpha value is -2.15. The highest BCUT2D eigenvalue weighted by Crippen LogP contribution is 2.35. The van der Waals surface area contributed by atoms with Gasteiger partial charge in [0.25, 0.3) is 10.0 Å². The van der Waals surface area contributed by atoms with Gasteiger partial charge in [-0.15, -0.1) is 4.40 Å². The zero-order valence-corrected chi connectivity index (χ0v) is 16.5. The fourth-order valence-corrected chi connectivity index (χ4v) is 5.10. The topological polar surface area (TPSA) is 78.8 Å². The average Bonchev–Trinajstić information content (AvgIpc) is 2.86. The lowest BCUT2D eigenvalue weighted by atomic mass is 9.95. The average molecular weight is 375 g/mol. The molecule has 2 heterocycles. The van der Waals surface area contributed by atoms with Crippen LogP contribution in [0.1, 0.15) is 36.5 Å². The smallest absolute Gasteiger partial charge is 0.285 e. The lowest BCUT2D eigenvalue weighted by molar-refractivity contribution is -0.125. The molecule has 0 bridgehead atoms. The molecule has 0 unspecified atom stereocenters. The number of benzene rings is 1. The van der Waals surface area contributed by atoms with E-state index in [0.29, 0.717) is 47.8 Å². The van der Waals surface area contributed by atoms with Crippen molar-refractivity contribution in [2.45, 2.75) is 33.6 Å². The molecule has 2 aliphatic rings. The maximum absolute atomic E-state index is 12.7. The molecule has 6 nitrogen and oxygen atoms in total. The van der Waals surface area contributed by atoms with Gasteiger partial charge in [-0.05, 0) is 50.3 Å². The first-order chi connectivity index (χ1) is 12.2. The normalized spacial score (nSPS) is 20.3. The molecule has 1 aromatic carbocycles. The van der Waals surface area contributed by atoms with Gasteiger partial charge in [0.1, 0.15) is 10.7 Å². The lowest BCUT2D eigenvalue weighted by Crippen LogP contribution is -2.42. The van der Waals surface area contributed by atoms with Gasteiger partial charge in [-0.1, -0.05) is 18.2 Å². The third kappa shape index (κ3) is 3.28. The molecule has 1 saturated heterocycles. The summed E-state index contributed by atoms with van der Waals surface area (Å²) in [6.07, 6.45) is 1.40. The van der Waals surface area contributed by atoms with Crippen LogP contribution in [-0.2, 0) is 14.8 Å². The van der Waals surface area contributed by atoms with Gasteiger partial charge in [0, 0.05) is 31.6 Å². The molecule has 1 aromatic rings. The van der Waals surface area contributed by atoms with E-state index in [-0.39, 0.29) is 11.8 Å². The molecule has 0 atom stereocenters. The van der Waals surface area contributed by atoms with Crippen LogP contribution in [0, 0.1) is 19.8 Å². The van der Waals surface area contributed by atoms with Gasteiger partial charge in [0.2, 0.25) is 5.91 Å². The van der Waals surface area contributed by atoms with Crippen molar-refractivity contribution in [3.63, 3.8) is 0 Å². The predicted molar refractivity (Wildman–Crippen MR) is 103 cm³/mol. The fourth-order valence-electron chi connectivity index (χ4n) is 3.62. The number of amidine groups is 1. The van der Waals surface area contributed by atoms with Gasteiger partial charge < -0.3 is 10.2 Å². The number of nitrogens with zero attached hydrogens (tertiary/aromatic N) is 2. The number of sulfonamides is 1. The Morgan fingerprint density at radius 3 is 2.38 bits per heavy atom. The summed E-state index contributed by atoms with van der Waals surface area (Å²) in [5.41, 5.74) is 3.55. The molecule has 0 aromatic heterocycles. The number of piperidine rings is 1. The van der Waals surface area contributed by atoms with Crippen LogP contribution >= 0.6 is 0 Å². The van der Waals surface area contributed by atoms with E-state index in [4.69, 9.17) is 0 Å². The summed E-state index contributed by atoms with van der Waals surface area (Å²) < 4.78 is 29.5. The van der Waals surface area contributed by atoms with Crippen LogP contribution < -0.4 is 5.32 Å². The molecule has 2 aliphatic heterocycles. The number of likely N-dealkylation sites (tertiary alicyclic amines) is 1. The van der Waals surface area contributed by atoms with E-state index in [9.17, 15) is 13.2 Å². The van der Waals surface area contributed by atoms with E-state index < -0.39 is 10.0 Å². The van der Waals surface area contributed by atoms with Gasteiger partial charge in [0.05, 0.1) is 0 Å². The van der Waals surface area contributed by atoms with Crippen LogP contribution in [0.25, 0.3) is 4.91 Å². The second-order valence-electron chi connectivity index (χ2n) is 7.02. The highest BCUT2D eigenvalue weighted by molar-refractivity contribution is 8.00. The quantitative estimate of drug-likeness (QED) is 0.860. The monoisotopic (exact) mass is 375 g/mol. The van der Waals surface area contributed by atoms with Gasteiger partial charge in [-0.25, -0.2) is 0 Å². The van der Waals surface area contributed by atoms with Crippen molar-refractivity contribution in [1.82, 2.24) is 10.2 Å². The number of rotatable bonds is 2. The van der Waals surface area contributed by atoms with Gasteiger partial charge in [0.15, 0.2) is 0 Å². The summed E-state index contributed by atoms with van der Waals surface area (Å²) in [7, 11) is -2.06. The van der Waals surface area contributed by atoms with Crippen molar-refractivity contribution >= 4 is 26.7 Å². The number of carbonyl (C=O) groups is 1. The molecule has 140 valence electrons. The van der Waals surface area contributed by atoms with Crippen molar-refractivity contribution in [3.05, 3.63) is 40.5 Å². The largest absolute Gasteiger partial charge is 0.359 e. The summed E-state index contributed by atoms with van der Waals surface area (Å²) in [5, 5.41) is 2.69.